The maximum atomic E-state index is 12.4. The fraction of sp³-hybridized carbons (Fsp3) is 0.882. The molecule has 0 saturated carbocycles. The number of amides is 1. The average Bonchev–Trinajstić information content (AvgIpc) is 2.65. The van der Waals surface area contributed by atoms with Gasteiger partial charge in [-0.05, 0) is 37.9 Å². The summed E-state index contributed by atoms with van der Waals surface area (Å²) in [5.74, 6) is -3.15. The van der Waals surface area contributed by atoms with Crippen molar-refractivity contribution in [1.82, 2.24) is 5.32 Å². The van der Waals surface area contributed by atoms with E-state index in [1.54, 1.807) is 0 Å². The summed E-state index contributed by atoms with van der Waals surface area (Å²) in [4.78, 5) is 24.8. The zero-order valence-electron chi connectivity index (χ0n) is 16.3. The lowest BCUT2D eigenvalue weighted by atomic mass is 9.70. The average molecular weight is 376 g/mol. The van der Waals surface area contributed by atoms with Gasteiger partial charge in [0.05, 0.1) is 12.0 Å². The van der Waals surface area contributed by atoms with E-state index in [0.29, 0.717) is 0 Å². The van der Waals surface area contributed by atoms with Crippen molar-refractivity contribution in [3.05, 3.63) is 0 Å². The zero-order chi connectivity index (χ0) is 19.8. The Kier molecular flexibility index (Phi) is 6.48. The third-order valence-electron chi connectivity index (χ3n) is 5.72. The van der Waals surface area contributed by atoms with E-state index < -0.39 is 43.4 Å². The number of rotatable bonds is 8. The molecule has 1 heterocycles. The number of hydrogen-bond donors (Lipinski definition) is 4. The fourth-order valence-corrected chi connectivity index (χ4v) is 4.79. The molecule has 0 radical (unpaired) electrons. The van der Waals surface area contributed by atoms with E-state index in [0.717, 1.165) is 0 Å². The molecule has 4 atom stereocenters. The molecule has 1 aliphatic heterocycles. The summed E-state index contributed by atoms with van der Waals surface area (Å²) >= 11 is 0. The molecule has 0 spiro atoms. The molecule has 1 aliphatic rings. The van der Waals surface area contributed by atoms with E-state index in [1.807, 2.05) is 40.8 Å². The lowest BCUT2D eigenvalue weighted by molar-refractivity contribution is -0.169. The molecule has 1 saturated heterocycles. The van der Waals surface area contributed by atoms with Crippen molar-refractivity contribution in [2.45, 2.75) is 76.9 Å². The number of hydrogen-bond acceptors (Lipinski definition) is 5. The molecule has 0 unspecified atom stereocenters. The topological polar surface area (TPSA) is 116 Å². The van der Waals surface area contributed by atoms with E-state index in [2.05, 4.69) is 5.32 Å². The molecule has 0 bridgehead atoms. The molecule has 0 aromatic rings. The van der Waals surface area contributed by atoms with Gasteiger partial charge in [0.15, 0.2) is 13.9 Å². The second kappa shape index (κ2) is 7.34. The standard InChI is InChI=1S/C17H33NO6Si/c1-10(2)13(24-25(6,7)11(3)4)17(15(21)22)16(5,23)12(8-9-19)14(20)18-17/h10-13,19,23H,8-9H2,1-7H3,(H,18,20)(H,21,22)/t12-,13-,16-,17-/m0/s1. The Bertz CT molecular complexity index is 519. The van der Waals surface area contributed by atoms with Gasteiger partial charge in [0.2, 0.25) is 5.91 Å². The van der Waals surface area contributed by atoms with Crippen molar-refractivity contribution in [2.75, 3.05) is 6.61 Å². The zero-order valence-corrected chi connectivity index (χ0v) is 17.3. The normalized spacial score (nSPS) is 31.5. The number of aliphatic hydroxyl groups excluding tert-OH is 1. The van der Waals surface area contributed by atoms with E-state index in [1.165, 1.54) is 6.92 Å². The van der Waals surface area contributed by atoms with Gasteiger partial charge in [-0.2, -0.15) is 0 Å². The highest BCUT2D eigenvalue weighted by Crippen LogP contribution is 2.44. The van der Waals surface area contributed by atoms with E-state index in [-0.39, 0.29) is 24.5 Å². The Balaban J connectivity index is 3.49. The number of nitrogens with one attached hydrogen (secondary N) is 1. The molecule has 1 amide bonds. The van der Waals surface area contributed by atoms with Crippen LogP contribution in [0.25, 0.3) is 0 Å². The molecule has 0 aromatic heterocycles. The van der Waals surface area contributed by atoms with Crippen molar-refractivity contribution in [2.24, 2.45) is 11.8 Å². The molecule has 0 aliphatic carbocycles. The number of carboxylic acid groups (broad SMARTS) is 1. The minimum Gasteiger partial charge on any atom is -0.479 e. The number of carbonyl (C=O) groups is 2. The number of carbonyl (C=O) groups excluding carboxylic acids is 1. The first-order valence-electron chi connectivity index (χ1n) is 8.82. The van der Waals surface area contributed by atoms with Crippen LogP contribution in [0.2, 0.25) is 18.6 Å². The highest BCUT2D eigenvalue weighted by molar-refractivity contribution is 6.72. The van der Waals surface area contributed by atoms with Gasteiger partial charge in [0, 0.05) is 6.61 Å². The van der Waals surface area contributed by atoms with Crippen LogP contribution in [0, 0.1) is 11.8 Å². The van der Waals surface area contributed by atoms with Gasteiger partial charge in [-0.15, -0.1) is 0 Å². The lowest BCUT2D eigenvalue weighted by Gasteiger charge is -2.47. The summed E-state index contributed by atoms with van der Waals surface area (Å²) in [7, 11) is -2.27. The van der Waals surface area contributed by atoms with Gasteiger partial charge < -0.3 is 25.1 Å². The Morgan fingerprint density at radius 2 is 1.84 bits per heavy atom. The first kappa shape index (κ1) is 22.1. The van der Waals surface area contributed by atoms with Crippen LogP contribution in [0.15, 0.2) is 0 Å². The van der Waals surface area contributed by atoms with Crippen molar-refractivity contribution in [1.29, 1.82) is 0 Å². The quantitative estimate of drug-likeness (QED) is 0.476. The van der Waals surface area contributed by atoms with E-state index in [4.69, 9.17) is 4.43 Å². The summed E-state index contributed by atoms with van der Waals surface area (Å²) in [5.41, 5.74) is -3.62. The molecular weight excluding hydrogens is 342 g/mol. The molecule has 0 aromatic carbocycles. The van der Waals surface area contributed by atoms with Crippen molar-refractivity contribution < 1.29 is 29.3 Å². The van der Waals surface area contributed by atoms with Gasteiger partial charge >= 0.3 is 5.97 Å². The highest BCUT2D eigenvalue weighted by atomic mass is 28.4. The molecular formula is C17H33NO6Si. The third kappa shape index (κ3) is 3.62. The van der Waals surface area contributed by atoms with Crippen LogP contribution in [0.1, 0.15) is 41.0 Å². The van der Waals surface area contributed by atoms with Crippen molar-refractivity contribution >= 4 is 20.2 Å². The Hall–Kier alpha value is -0.963. The Labute approximate surface area is 150 Å². The van der Waals surface area contributed by atoms with Crippen LogP contribution in [-0.2, 0) is 14.0 Å². The Morgan fingerprint density at radius 3 is 2.20 bits per heavy atom. The van der Waals surface area contributed by atoms with Crippen LogP contribution < -0.4 is 5.32 Å². The maximum Gasteiger partial charge on any atom is 0.335 e. The van der Waals surface area contributed by atoms with Crippen LogP contribution in [0.5, 0.6) is 0 Å². The van der Waals surface area contributed by atoms with Gasteiger partial charge in [0.25, 0.3) is 0 Å². The molecule has 1 fully saturated rings. The van der Waals surface area contributed by atoms with Gasteiger partial charge in [0.1, 0.15) is 5.60 Å². The van der Waals surface area contributed by atoms with Crippen molar-refractivity contribution in [3.8, 4) is 0 Å². The summed E-state index contributed by atoms with van der Waals surface area (Å²) in [6, 6.07) is 0. The molecule has 1 rings (SSSR count). The molecule has 7 nitrogen and oxygen atoms in total. The summed E-state index contributed by atoms with van der Waals surface area (Å²) in [5, 5.41) is 33.0. The summed E-state index contributed by atoms with van der Waals surface area (Å²) < 4.78 is 6.34. The minimum absolute atomic E-state index is 0.0102. The Morgan fingerprint density at radius 1 is 1.32 bits per heavy atom. The second-order valence-corrected chi connectivity index (χ2v) is 13.0. The fourth-order valence-electron chi connectivity index (χ4n) is 3.42. The largest absolute Gasteiger partial charge is 0.479 e. The van der Waals surface area contributed by atoms with Gasteiger partial charge in [-0.3, -0.25) is 4.79 Å². The van der Waals surface area contributed by atoms with E-state index >= 15 is 0 Å². The second-order valence-electron chi connectivity index (χ2n) is 8.36. The SMILES string of the molecule is CC(C)[C@H](O[Si](C)(C)C(C)C)[C@@]1(C(=O)O)NC(=O)[C@H](CCO)[C@]1(C)O. The molecule has 8 heteroatoms. The smallest absolute Gasteiger partial charge is 0.335 e. The van der Waals surface area contributed by atoms with Crippen LogP contribution >= 0.6 is 0 Å². The van der Waals surface area contributed by atoms with E-state index in [9.17, 15) is 24.9 Å². The summed E-state index contributed by atoms with van der Waals surface area (Å²) in [6.07, 6.45) is -0.902. The predicted octanol–water partition coefficient (Wildman–Crippen LogP) is 1.35. The van der Waals surface area contributed by atoms with Gasteiger partial charge in [-0.1, -0.05) is 27.7 Å². The monoisotopic (exact) mass is 375 g/mol. The van der Waals surface area contributed by atoms with Crippen molar-refractivity contribution in [3.63, 3.8) is 0 Å². The predicted molar refractivity (Wildman–Crippen MR) is 96.6 cm³/mol. The molecule has 25 heavy (non-hydrogen) atoms. The van der Waals surface area contributed by atoms with Gasteiger partial charge in [-0.25, -0.2) is 4.79 Å². The maximum absolute atomic E-state index is 12.4. The number of carboxylic acids is 1. The van der Waals surface area contributed by atoms with Crippen LogP contribution in [-0.4, -0.2) is 59.4 Å². The first-order chi connectivity index (χ1) is 11.3. The van der Waals surface area contributed by atoms with Crippen LogP contribution in [0.3, 0.4) is 0 Å². The number of aliphatic hydroxyl groups is 2. The van der Waals surface area contributed by atoms with Crippen LogP contribution in [0.4, 0.5) is 0 Å². The first-order valence-corrected chi connectivity index (χ1v) is 11.8. The molecule has 4 N–H and O–H groups in total. The highest BCUT2D eigenvalue weighted by Gasteiger charge is 2.70. The number of aliphatic carboxylic acids is 1. The molecule has 146 valence electrons. The minimum atomic E-state index is -2.27. The third-order valence-corrected chi connectivity index (χ3v) is 9.36. The summed E-state index contributed by atoms with van der Waals surface area (Å²) in [6.45, 7) is 12.7. The lowest BCUT2D eigenvalue weighted by Crippen LogP contribution is -2.71.